The third-order valence-electron chi connectivity index (χ3n) is 2.80. The Morgan fingerprint density at radius 3 is 2.42 bits per heavy atom. The predicted octanol–water partition coefficient (Wildman–Crippen LogP) is 4.27. The van der Waals surface area contributed by atoms with E-state index in [2.05, 4.69) is 15.4 Å². The van der Waals surface area contributed by atoms with Gasteiger partial charge in [0.2, 0.25) is 5.91 Å². The lowest BCUT2D eigenvalue weighted by Crippen LogP contribution is -2.21. The molecule has 4 nitrogen and oxygen atoms in total. The number of carbonyl (C=O) groups excluding carboxylic acids is 1. The summed E-state index contributed by atoms with van der Waals surface area (Å²) in [5.74, 6) is -2.70. The van der Waals surface area contributed by atoms with Crippen molar-refractivity contribution in [2.75, 3.05) is 17.2 Å². The molecule has 0 bridgehead atoms. The van der Waals surface area contributed by atoms with Crippen molar-refractivity contribution in [3.8, 4) is 5.75 Å². The smallest absolute Gasteiger partial charge is 0.387 e. The van der Waals surface area contributed by atoms with Crippen LogP contribution in [-0.4, -0.2) is 19.1 Å². The van der Waals surface area contributed by atoms with Crippen LogP contribution in [0.2, 0.25) is 5.02 Å². The summed E-state index contributed by atoms with van der Waals surface area (Å²) in [6, 6.07) is 6.88. The average Bonchev–Trinajstić information content (AvgIpc) is 2.51. The molecule has 0 saturated heterocycles. The molecule has 2 rings (SSSR count). The second-order valence-electron chi connectivity index (χ2n) is 4.55. The van der Waals surface area contributed by atoms with Crippen LogP contribution in [0, 0.1) is 11.6 Å². The normalized spacial score (nSPS) is 10.6. The van der Waals surface area contributed by atoms with Gasteiger partial charge in [0.05, 0.1) is 11.6 Å². The minimum Gasteiger partial charge on any atom is -0.432 e. The van der Waals surface area contributed by atoms with Crippen LogP contribution >= 0.6 is 11.6 Å². The van der Waals surface area contributed by atoms with Gasteiger partial charge in [-0.1, -0.05) is 11.6 Å². The Labute approximate surface area is 139 Å². The molecule has 9 heteroatoms. The molecule has 2 N–H and O–H groups in total. The average molecular weight is 363 g/mol. The Hall–Kier alpha value is -2.48. The molecule has 0 aliphatic rings. The fourth-order valence-corrected chi connectivity index (χ4v) is 1.94. The van der Waals surface area contributed by atoms with Crippen LogP contribution in [0.3, 0.4) is 0 Å². The first-order valence-electron chi connectivity index (χ1n) is 6.58. The summed E-state index contributed by atoms with van der Waals surface area (Å²) in [7, 11) is 0. The van der Waals surface area contributed by atoms with E-state index in [4.69, 9.17) is 11.6 Å². The molecule has 0 radical (unpaired) electrons. The van der Waals surface area contributed by atoms with E-state index >= 15 is 0 Å². The SMILES string of the molecule is O=C(CNc1ccc(OC(F)F)c(F)c1)Nc1ccc(F)c(Cl)c1. The first kappa shape index (κ1) is 17.9. The molecular weight excluding hydrogens is 352 g/mol. The largest absolute Gasteiger partial charge is 0.432 e. The van der Waals surface area contributed by atoms with Crippen LogP contribution in [0.15, 0.2) is 36.4 Å². The summed E-state index contributed by atoms with van der Waals surface area (Å²) in [5.41, 5.74) is 0.487. The monoisotopic (exact) mass is 362 g/mol. The maximum Gasteiger partial charge on any atom is 0.387 e. The van der Waals surface area contributed by atoms with Crippen molar-refractivity contribution in [3.63, 3.8) is 0 Å². The molecule has 0 spiro atoms. The molecule has 1 amide bonds. The fraction of sp³-hybridized carbons (Fsp3) is 0.133. The van der Waals surface area contributed by atoms with E-state index in [-0.39, 0.29) is 17.3 Å². The molecule has 128 valence electrons. The first-order valence-corrected chi connectivity index (χ1v) is 6.96. The van der Waals surface area contributed by atoms with Crippen LogP contribution in [0.4, 0.5) is 28.9 Å². The molecule has 0 heterocycles. The van der Waals surface area contributed by atoms with Gasteiger partial charge in [0.25, 0.3) is 0 Å². The fourth-order valence-electron chi connectivity index (χ4n) is 1.76. The zero-order chi connectivity index (χ0) is 17.7. The van der Waals surface area contributed by atoms with Gasteiger partial charge in [-0.2, -0.15) is 8.78 Å². The van der Waals surface area contributed by atoms with E-state index in [1.54, 1.807) is 0 Å². The van der Waals surface area contributed by atoms with Crippen LogP contribution in [0.25, 0.3) is 0 Å². The van der Waals surface area contributed by atoms with Gasteiger partial charge < -0.3 is 15.4 Å². The van der Waals surface area contributed by atoms with Crippen molar-refractivity contribution in [2.24, 2.45) is 0 Å². The van der Waals surface area contributed by atoms with Gasteiger partial charge in [-0.25, -0.2) is 8.78 Å². The van der Waals surface area contributed by atoms with Gasteiger partial charge >= 0.3 is 6.61 Å². The summed E-state index contributed by atoms with van der Waals surface area (Å²) in [4.78, 5) is 11.8. The molecule has 0 aliphatic carbocycles. The van der Waals surface area contributed by atoms with E-state index in [1.807, 2.05) is 0 Å². The van der Waals surface area contributed by atoms with Gasteiger partial charge in [-0.3, -0.25) is 4.79 Å². The number of halogens is 5. The second kappa shape index (κ2) is 7.87. The van der Waals surface area contributed by atoms with E-state index in [0.29, 0.717) is 5.69 Å². The highest BCUT2D eigenvalue weighted by Gasteiger charge is 2.11. The topological polar surface area (TPSA) is 50.4 Å². The number of alkyl halides is 2. The number of ether oxygens (including phenoxy) is 1. The van der Waals surface area contributed by atoms with Crippen molar-refractivity contribution in [3.05, 3.63) is 53.1 Å². The summed E-state index contributed by atoms with van der Waals surface area (Å²) in [5, 5.41) is 4.93. The van der Waals surface area contributed by atoms with Crippen LogP contribution in [-0.2, 0) is 4.79 Å². The number of hydrogen-bond acceptors (Lipinski definition) is 3. The van der Waals surface area contributed by atoms with Gasteiger partial charge in [0, 0.05) is 17.4 Å². The highest BCUT2D eigenvalue weighted by molar-refractivity contribution is 6.31. The number of benzene rings is 2. The van der Waals surface area contributed by atoms with E-state index in [1.165, 1.54) is 18.2 Å². The van der Waals surface area contributed by atoms with Crippen molar-refractivity contribution in [1.82, 2.24) is 0 Å². The zero-order valence-electron chi connectivity index (χ0n) is 12.0. The van der Waals surface area contributed by atoms with Gasteiger partial charge in [0.15, 0.2) is 11.6 Å². The van der Waals surface area contributed by atoms with Gasteiger partial charge in [-0.15, -0.1) is 0 Å². The van der Waals surface area contributed by atoms with Crippen molar-refractivity contribution in [2.45, 2.75) is 6.61 Å². The molecule has 24 heavy (non-hydrogen) atoms. The highest BCUT2D eigenvalue weighted by atomic mass is 35.5. The number of anilines is 2. The Morgan fingerprint density at radius 1 is 1.08 bits per heavy atom. The predicted molar refractivity (Wildman–Crippen MR) is 81.6 cm³/mol. The lowest BCUT2D eigenvalue weighted by molar-refractivity contribution is -0.114. The van der Waals surface area contributed by atoms with E-state index in [0.717, 1.165) is 18.2 Å². The molecule has 0 aromatic heterocycles. The lowest BCUT2D eigenvalue weighted by Gasteiger charge is -2.10. The molecule has 0 atom stereocenters. The Kier molecular flexibility index (Phi) is 5.86. The zero-order valence-corrected chi connectivity index (χ0v) is 12.7. The van der Waals surface area contributed by atoms with Crippen LogP contribution < -0.4 is 15.4 Å². The number of amides is 1. The molecule has 2 aromatic carbocycles. The van der Waals surface area contributed by atoms with Crippen molar-refractivity contribution >= 4 is 28.9 Å². The van der Waals surface area contributed by atoms with Crippen molar-refractivity contribution in [1.29, 1.82) is 0 Å². The van der Waals surface area contributed by atoms with Crippen molar-refractivity contribution < 1.29 is 27.1 Å². The Morgan fingerprint density at radius 2 is 1.79 bits per heavy atom. The van der Waals surface area contributed by atoms with Gasteiger partial charge in [0.1, 0.15) is 5.82 Å². The quantitative estimate of drug-likeness (QED) is 0.754. The summed E-state index contributed by atoms with van der Waals surface area (Å²) >= 11 is 5.59. The number of rotatable bonds is 6. The highest BCUT2D eigenvalue weighted by Crippen LogP contribution is 2.23. The standard InChI is InChI=1S/C15H11ClF4N2O2/c16-10-5-9(1-3-11(10)17)22-14(23)7-21-8-2-4-13(12(18)6-8)24-15(19)20/h1-6,15,21H,7H2,(H,22,23). The molecule has 0 unspecified atom stereocenters. The summed E-state index contributed by atoms with van der Waals surface area (Å²) in [6.07, 6.45) is 0. The minimum absolute atomic E-state index is 0.141. The van der Waals surface area contributed by atoms with Gasteiger partial charge in [-0.05, 0) is 30.3 Å². The van der Waals surface area contributed by atoms with E-state index in [9.17, 15) is 22.4 Å². The lowest BCUT2D eigenvalue weighted by atomic mass is 10.3. The third-order valence-corrected chi connectivity index (χ3v) is 3.09. The third kappa shape index (κ3) is 5.02. The first-order chi connectivity index (χ1) is 11.3. The summed E-state index contributed by atoms with van der Waals surface area (Å²) < 4.78 is 54.5. The van der Waals surface area contributed by atoms with Crippen LogP contribution in [0.5, 0.6) is 5.75 Å². The molecule has 0 aliphatic heterocycles. The molecule has 0 saturated carbocycles. The van der Waals surface area contributed by atoms with E-state index < -0.39 is 29.9 Å². The minimum atomic E-state index is -3.13. The van der Waals surface area contributed by atoms with Crippen LogP contribution in [0.1, 0.15) is 0 Å². The maximum atomic E-state index is 13.5. The molecule has 2 aromatic rings. The molecular formula is C15H11ClF4N2O2. The summed E-state index contributed by atoms with van der Waals surface area (Å²) in [6.45, 7) is -3.37. The number of nitrogens with one attached hydrogen (secondary N) is 2. The number of hydrogen-bond donors (Lipinski definition) is 2. The second-order valence-corrected chi connectivity index (χ2v) is 4.96. The Balaban J connectivity index is 1.91. The number of carbonyl (C=O) groups is 1. The molecule has 0 fully saturated rings. The Bertz CT molecular complexity index is 743. The maximum absolute atomic E-state index is 13.5.